The van der Waals surface area contributed by atoms with Crippen molar-refractivity contribution >= 4 is 0 Å². The average molecular weight is 212 g/mol. The lowest BCUT2D eigenvalue weighted by Crippen LogP contribution is -1.94. The fourth-order valence-corrected chi connectivity index (χ4v) is 1.79. The van der Waals surface area contributed by atoms with Crippen LogP contribution >= 0.6 is 0 Å². The van der Waals surface area contributed by atoms with Crippen LogP contribution in [0, 0.1) is 0 Å². The largest absolute Gasteiger partial charge is 0.388 e. The molecule has 2 rings (SSSR count). The fraction of sp³-hybridized carbons (Fsp3) is 0.200. The van der Waals surface area contributed by atoms with Gasteiger partial charge in [0.05, 0.1) is 6.10 Å². The zero-order valence-corrected chi connectivity index (χ0v) is 9.43. The van der Waals surface area contributed by atoms with Crippen LogP contribution in [0.3, 0.4) is 0 Å². The van der Waals surface area contributed by atoms with E-state index in [4.69, 9.17) is 0 Å². The van der Waals surface area contributed by atoms with E-state index in [9.17, 15) is 5.11 Å². The minimum absolute atomic E-state index is 0.358. The van der Waals surface area contributed by atoms with Crippen molar-refractivity contribution in [3.8, 4) is 11.1 Å². The van der Waals surface area contributed by atoms with Crippen LogP contribution in [-0.4, -0.2) is 5.11 Å². The predicted octanol–water partition coefficient (Wildman–Crippen LogP) is 3.80. The standard InChI is InChI=1S/C15H16O/c1-2-15(16)14-10-6-9-13(11-14)12-7-4-3-5-8-12/h3-11,15-16H,2H2,1H3/t15-/m0/s1. The molecule has 1 N–H and O–H groups in total. The maximum absolute atomic E-state index is 9.80. The van der Waals surface area contributed by atoms with Gasteiger partial charge in [0.25, 0.3) is 0 Å². The van der Waals surface area contributed by atoms with Crippen molar-refractivity contribution in [2.24, 2.45) is 0 Å². The van der Waals surface area contributed by atoms with Gasteiger partial charge in [-0.05, 0) is 29.2 Å². The maximum atomic E-state index is 9.80. The molecule has 0 aliphatic heterocycles. The predicted molar refractivity (Wildman–Crippen MR) is 67.1 cm³/mol. The summed E-state index contributed by atoms with van der Waals surface area (Å²) < 4.78 is 0. The van der Waals surface area contributed by atoms with Crippen molar-refractivity contribution in [2.45, 2.75) is 19.4 Å². The van der Waals surface area contributed by atoms with Crippen LogP contribution in [0.4, 0.5) is 0 Å². The molecule has 1 atom stereocenters. The topological polar surface area (TPSA) is 20.2 Å². The number of rotatable bonds is 3. The minimum Gasteiger partial charge on any atom is -0.388 e. The second-order valence-corrected chi connectivity index (χ2v) is 3.92. The normalized spacial score (nSPS) is 12.4. The quantitative estimate of drug-likeness (QED) is 0.820. The lowest BCUT2D eigenvalue weighted by atomic mass is 10.00. The highest BCUT2D eigenvalue weighted by Gasteiger charge is 2.05. The van der Waals surface area contributed by atoms with E-state index < -0.39 is 0 Å². The van der Waals surface area contributed by atoms with E-state index >= 15 is 0 Å². The Labute approximate surface area is 96.4 Å². The minimum atomic E-state index is -0.358. The van der Waals surface area contributed by atoms with Gasteiger partial charge in [-0.25, -0.2) is 0 Å². The van der Waals surface area contributed by atoms with Crippen LogP contribution in [-0.2, 0) is 0 Å². The first-order chi connectivity index (χ1) is 7.81. The van der Waals surface area contributed by atoms with Crippen molar-refractivity contribution in [2.75, 3.05) is 0 Å². The van der Waals surface area contributed by atoms with E-state index in [-0.39, 0.29) is 6.10 Å². The first-order valence-corrected chi connectivity index (χ1v) is 5.64. The lowest BCUT2D eigenvalue weighted by Gasteiger charge is -2.10. The monoisotopic (exact) mass is 212 g/mol. The highest BCUT2D eigenvalue weighted by molar-refractivity contribution is 5.64. The zero-order valence-electron chi connectivity index (χ0n) is 9.43. The first-order valence-electron chi connectivity index (χ1n) is 5.64. The van der Waals surface area contributed by atoms with Crippen molar-refractivity contribution in [3.05, 3.63) is 60.2 Å². The molecule has 0 saturated heterocycles. The van der Waals surface area contributed by atoms with Gasteiger partial charge in [-0.1, -0.05) is 55.5 Å². The zero-order chi connectivity index (χ0) is 11.4. The van der Waals surface area contributed by atoms with Crippen LogP contribution < -0.4 is 0 Å². The molecule has 0 saturated carbocycles. The van der Waals surface area contributed by atoms with Gasteiger partial charge in [0, 0.05) is 0 Å². The summed E-state index contributed by atoms with van der Waals surface area (Å²) in [6.45, 7) is 1.99. The second-order valence-electron chi connectivity index (χ2n) is 3.92. The Morgan fingerprint density at radius 1 is 0.938 bits per heavy atom. The molecule has 0 radical (unpaired) electrons. The molecule has 1 nitrogen and oxygen atoms in total. The summed E-state index contributed by atoms with van der Waals surface area (Å²) in [6.07, 6.45) is 0.391. The molecule has 0 amide bonds. The first kappa shape index (κ1) is 10.9. The average Bonchev–Trinajstić information content (AvgIpc) is 2.39. The Balaban J connectivity index is 2.36. The number of benzene rings is 2. The van der Waals surface area contributed by atoms with Crippen LogP contribution in [0.5, 0.6) is 0 Å². The van der Waals surface area contributed by atoms with Crippen molar-refractivity contribution in [1.29, 1.82) is 0 Å². The van der Waals surface area contributed by atoms with E-state index in [0.29, 0.717) is 0 Å². The molecule has 0 aliphatic carbocycles. The number of aliphatic hydroxyl groups excluding tert-OH is 1. The molecule has 0 unspecified atom stereocenters. The Hall–Kier alpha value is -1.60. The summed E-state index contributed by atoms with van der Waals surface area (Å²) in [5, 5.41) is 9.80. The van der Waals surface area contributed by atoms with Crippen molar-refractivity contribution < 1.29 is 5.11 Å². The molecule has 0 aromatic heterocycles. The van der Waals surface area contributed by atoms with E-state index in [1.807, 2.05) is 37.3 Å². The summed E-state index contributed by atoms with van der Waals surface area (Å²) in [6, 6.07) is 18.3. The molecular weight excluding hydrogens is 196 g/mol. The smallest absolute Gasteiger partial charge is 0.0787 e. The lowest BCUT2D eigenvalue weighted by molar-refractivity contribution is 0.174. The van der Waals surface area contributed by atoms with Crippen LogP contribution in [0.1, 0.15) is 25.0 Å². The fourth-order valence-electron chi connectivity index (χ4n) is 1.79. The highest BCUT2D eigenvalue weighted by atomic mass is 16.3. The van der Waals surface area contributed by atoms with Gasteiger partial charge < -0.3 is 5.11 Å². The molecule has 2 aromatic carbocycles. The third-order valence-electron chi connectivity index (χ3n) is 2.77. The van der Waals surface area contributed by atoms with Gasteiger partial charge in [-0.2, -0.15) is 0 Å². The van der Waals surface area contributed by atoms with Gasteiger partial charge in [-0.15, -0.1) is 0 Å². The molecule has 0 spiro atoms. The molecule has 0 fully saturated rings. The van der Waals surface area contributed by atoms with Gasteiger partial charge in [-0.3, -0.25) is 0 Å². The molecule has 2 aromatic rings. The Morgan fingerprint density at radius 2 is 1.62 bits per heavy atom. The van der Waals surface area contributed by atoms with E-state index in [1.54, 1.807) is 0 Å². The van der Waals surface area contributed by atoms with Gasteiger partial charge in [0.15, 0.2) is 0 Å². The Kier molecular flexibility index (Phi) is 3.37. The summed E-state index contributed by atoms with van der Waals surface area (Å²) in [5.74, 6) is 0. The molecule has 0 bridgehead atoms. The SMILES string of the molecule is CC[C@H](O)c1cccc(-c2ccccc2)c1. The van der Waals surface area contributed by atoms with E-state index in [1.165, 1.54) is 5.56 Å². The molecule has 82 valence electrons. The number of hydrogen-bond acceptors (Lipinski definition) is 1. The summed E-state index contributed by atoms with van der Waals surface area (Å²) in [7, 11) is 0. The highest BCUT2D eigenvalue weighted by Crippen LogP contribution is 2.24. The summed E-state index contributed by atoms with van der Waals surface area (Å²) in [5.41, 5.74) is 3.34. The molecule has 16 heavy (non-hydrogen) atoms. The molecule has 1 heteroatoms. The van der Waals surface area contributed by atoms with E-state index in [0.717, 1.165) is 17.5 Å². The summed E-state index contributed by atoms with van der Waals surface area (Å²) in [4.78, 5) is 0. The summed E-state index contributed by atoms with van der Waals surface area (Å²) >= 11 is 0. The number of hydrogen-bond donors (Lipinski definition) is 1. The Morgan fingerprint density at radius 3 is 2.31 bits per heavy atom. The van der Waals surface area contributed by atoms with Crippen molar-refractivity contribution in [3.63, 3.8) is 0 Å². The van der Waals surface area contributed by atoms with Crippen LogP contribution in [0.15, 0.2) is 54.6 Å². The van der Waals surface area contributed by atoms with Gasteiger partial charge in [0.2, 0.25) is 0 Å². The van der Waals surface area contributed by atoms with Crippen LogP contribution in [0.2, 0.25) is 0 Å². The third-order valence-corrected chi connectivity index (χ3v) is 2.77. The number of aliphatic hydroxyl groups is 1. The maximum Gasteiger partial charge on any atom is 0.0787 e. The molecule has 0 heterocycles. The van der Waals surface area contributed by atoms with Crippen LogP contribution in [0.25, 0.3) is 11.1 Å². The van der Waals surface area contributed by atoms with Gasteiger partial charge >= 0.3 is 0 Å². The van der Waals surface area contributed by atoms with Crippen molar-refractivity contribution in [1.82, 2.24) is 0 Å². The van der Waals surface area contributed by atoms with E-state index in [2.05, 4.69) is 24.3 Å². The molecule has 0 aliphatic rings. The second kappa shape index (κ2) is 4.95. The molecular formula is C15H16O. The Bertz CT molecular complexity index is 448. The third kappa shape index (κ3) is 2.31. The van der Waals surface area contributed by atoms with Gasteiger partial charge in [0.1, 0.15) is 0 Å².